The molecular weight excluding hydrogens is 212 g/mol. The van der Waals surface area contributed by atoms with Crippen LogP contribution < -0.4 is 5.32 Å². The Morgan fingerprint density at radius 1 is 1.35 bits per heavy atom. The molecule has 0 fully saturated rings. The van der Waals surface area contributed by atoms with Crippen LogP contribution in [0.5, 0.6) is 0 Å². The van der Waals surface area contributed by atoms with Crippen molar-refractivity contribution < 1.29 is 0 Å². The van der Waals surface area contributed by atoms with E-state index in [9.17, 15) is 0 Å². The molecule has 0 bridgehead atoms. The molecule has 1 aromatic rings. The van der Waals surface area contributed by atoms with Gasteiger partial charge in [-0.3, -0.25) is 9.97 Å². The van der Waals surface area contributed by atoms with Crippen molar-refractivity contribution in [2.45, 2.75) is 38.8 Å². The van der Waals surface area contributed by atoms with Gasteiger partial charge in [0.25, 0.3) is 0 Å². The molecule has 0 amide bonds. The Morgan fingerprint density at radius 3 is 2.47 bits per heavy atom. The Bertz CT molecular complexity index is 325. The maximum absolute atomic E-state index is 4.44. The second-order valence-electron chi connectivity index (χ2n) is 4.73. The number of aromatic nitrogens is 2. The third kappa shape index (κ3) is 3.01. The van der Waals surface area contributed by atoms with Crippen LogP contribution in [0.2, 0.25) is 0 Å². The third-order valence-electron chi connectivity index (χ3n) is 3.65. The second kappa shape index (κ2) is 6.07. The predicted molar refractivity (Wildman–Crippen MR) is 70.8 cm³/mol. The van der Waals surface area contributed by atoms with Crippen LogP contribution in [0.15, 0.2) is 18.6 Å². The molecule has 4 heteroatoms. The molecule has 0 radical (unpaired) electrons. The van der Waals surface area contributed by atoms with Crippen molar-refractivity contribution in [3.8, 4) is 0 Å². The summed E-state index contributed by atoms with van der Waals surface area (Å²) in [4.78, 5) is 10.9. The number of hydrogen-bond acceptors (Lipinski definition) is 4. The normalized spacial score (nSPS) is 16.8. The zero-order chi connectivity index (χ0) is 12.9. The molecule has 0 aliphatic heterocycles. The maximum Gasteiger partial charge on any atom is 0.0774 e. The molecule has 96 valence electrons. The highest BCUT2D eigenvalue weighted by molar-refractivity contribution is 5.11. The van der Waals surface area contributed by atoms with E-state index < -0.39 is 0 Å². The van der Waals surface area contributed by atoms with Crippen molar-refractivity contribution in [2.24, 2.45) is 0 Å². The smallest absolute Gasteiger partial charge is 0.0774 e. The molecule has 0 aromatic carbocycles. The molecule has 0 aliphatic rings. The lowest BCUT2D eigenvalue weighted by atomic mass is 9.86. The van der Waals surface area contributed by atoms with Gasteiger partial charge < -0.3 is 10.2 Å². The molecule has 0 saturated heterocycles. The molecule has 0 saturated carbocycles. The molecule has 4 nitrogen and oxygen atoms in total. The molecule has 2 atom stereocenters. The van der Waals surface area contributed by atoms with Crippen molar-refractivity contribution >= 4 is 0 Å². The van der Waals surface area contributed by atoms with E-state index >= 15 is 0 Å². The van der Waals surface area contributed by atoms with Gasteiger partial charge in [-0.25, -0.2) is 0 Å². The SMILES string of the molecule is CCNC(c1cnccn1)C(C)(CC)N(C)C. The molecule has 1 rings (SSSR count). The van der Waals surface area contributed by atoms with Crippen molar-refractivity contribution in [1.82, 2.24) is 20.2 Å². The molecule has 1 heterocycles. The number of nitrogens with zero attached hydrogens (tertiary/aromatic N) is 3. The van der Waals surface area contributed by atoms with Gasteiger partial charge in [0.1, 0.15) is 0 Å². The summed E-state index contributed by atoms with van der Waals surface area (Å²) in [6.07, 6.45) is 6.37. The van der Waals surface area contributed by atoms with Crippen LogP contribution in [0.1, 0.15) is 38.9 Å². The topological polar surface area (TPSA) is 41.1 Å². The van der Waals surface area contributed by atoms with Crippen LogP contribution in [0.3, 0.4) is 0 Å². The number of rotatable bonds is 6. The van der Waals surface area contributed by atoms with E-state index in [0.717, 1.165) is 18.7 Å². The minimum atomic E-state index is 0.0338. The van der Waals surface area contributed by atoms with Crippen LogP contribution in [0.4, 0.5) is 0 Å². The van der Waals surface area contributed by atoms with Gasteiger partial charge in [0.15, 0.2) is 0 Å². The number of nitrogens with one attached hydrogen (secondary N) is 1. The van der Waals surface area contributed by atoms with E-state index in [1.165, 1.54) is 0 Å². The number of hydrogen-bond donors (Lipinski definition) is 1. The molecular formula is C13H24N4. The fraction of sp³-hybridized carbons (Fsp3) is 0.692. The van der Waals surface area contributed by atoms with Crippen molar-refractivity contribution in [1.29, 1.82) is 0 Å². The standard InChI is InChI=1S/C13H24N4/c1-6-13(3,17(4)5)12(15-7-2)11-10-14-8-9-16-11/h8-10,12,15H,6-7H2,1-5H3. The van der Waals surface area contributed by atoms with Crippen LogP contribution >= 0.6 is 0 Å². The highest BCUT2D eigenvalue weighted by Crippen LogP contribution is 2.31. The Kier molecular flexibility index (Phi) is 5.02. The summed E-state index contributed by atoms with van der Waals surface area (Å²) in [5, 5.41) is 3.53. The lowest BCUT2D eigenvalue weighted by molar-refractivity contribution is 0.111. The molecule has 1 aromatic heterocycles. The summed E-state index contributed by atoms with van der Waals surface area (Å²) in [7, 11) is 4.23. The number of likely N-dealkylation sites (N-methyl/N-ethyl adjacent to an activating group) is 2. The lowest BCUT2D eigenvalue weighted by Gasteiger charge is -2.42. The van der Waals surface area contributed by atoms with E-state index in [1.54, 1.807) is 12.4 Å². The predicted octanol–water partition coefficient (Wildman–Crippen LogP) is 1.86. The van der Waals surface area contributed by atoms with Gasteiger partial charge in [-0.2, -0.15) is 0 Å². The van der Waals surface area contributed by atoms with Crippen molar-refractivity contribution in [3.63, 3.8) is 0 Å². The van der Waals surface area contributed by atoms with Crippen molar-refractivity contribution in [3.05, 3.63) is 24.3 Å². The Morgan fingerprint density at radius 2 is 2.06 bits per heavy atom. The zero-order valence-corrected chi connectivity index (χ0v) is 11.6. The van der Waals surface area contributed by atoms with E-state index in [1.807, 2.05) is 6.20 Å². The van der Waals surface area contributed by atoms with Crippen molar-refractivity contribution in [2.75, 3.05) is 20.6 Å². The fourth-order valence-electron chi connectivity index (χ4n) is 2.09. The maximum atomic E-state index is 4.44. The van der Waals surface area contributed by atoms with E-state index in [2.05, 4.69) is 55.1 Å². The first kappa shape index (κ1) is 14.1. The van der Waals surface area contributed by atoms with Gasteiger partial charge in [0.05, 0.1) is 17.9 Å². The van der Waals surface area contributed by atoms with Gasteiger partial charge >= 0.3 is 0 Å². The average molecular weight is 236 g/mol. The van der Waals surface area contributed by atoms with Gasteiger partial charge in [-0.1, -0.05) is 13.8 Å². The van der Waals surface area contributed by atoms with Crippen LogP contribution in [-0.2, 0) is 0 Å². The molecule has 2 unspecified atom stereocenters. The van der Waals surface area contributed by atoms with Gasteiger partial charge in [0, 0.05) is 17.9 Å². The van der Waals surface area contributed by atoms with Gasteiger partial charge in [-0.05, 0) is 34.0 Å². The van der Waals surface area contributed by atoms with E-state index in [4.69, 9.17) is 0 Å². The Hall–Kier alpha value is -1.00. The first-order valence-electron chi connectivity index (χ1n) is 6.23. The van der Waals surface area contributed by atoms with Gasteiger partial charge in [-0.15, -0.1) is 0 Å². The molecule has 1 N–H and O–H groups in total. The summed E-state index contributed by atoms with van der Waals surface area (Å²) in [5.41, 5.74) is 1.04. The Labute approximate surface area is 104 Å². The Balaban J connectivity index is 3.08. The van der Waals surface area contributed by atoms with Crippen LogP contribution in [-0.4, -0.2) is 41.0 Å². The summed E-state index contributed by atoms with van der Waals surface area (Å²) >= 11 is 0. The average Bonchev–Trinajstić information content (AvgIpc) is 2.36. The molecule has 0 spiro atoms. The summed E-state index contributed by atoms with van der Waals surface area (Å²) < 4.78 is 0. The molecule has 17 heavy (non-hydrogen) atoms. The van der Waals surface area contributed by atoms with E-state index in [-0.39, 0.29) is 11.6 Å². The lowest BCUT2D eigenvalue weighted by Crippen LogP contribution is -2.51. The first-order chi connectivity index (χ1) is 8.06. The zero-order valence-electron chi connectivity index (χ0n) is 11.6. The van der Waals surface area contributed by atoms with Crippen LogP contribution in [0, 0.1) is 0 Å². The van der Waals surface area contributed by atoms with Crippen LogP contribution in [0.25, 0.3) is 0 Å². The highest BCUT2D eigenvalue weighted by Gasteiger charge is 2.36. The van der Waals surface area contributed by atoms with E-state index in [0.29, 0.717) is 0 Å². The minimum absolute atomic E-state index is 0.0338. The monoisotopic (exact) mass is 236 g/mol. The third-order valence-corrected chi connectivity index (χ3v) is 3.65. The largest absolute Gasteiger partial charge is 0.307 e. The second-order valence-corrected chi connectivity index (χ2v) is 4.73. The summed E-state index contributed by atoms with van der Waals surface area (Å²) in [5.74, 6) is 0. The summed E-state index contributed by atoms with van der Waals surface area (Å²) in [6, 6.07) is 0.196. The minimum Gasteiger partial charge on any atom is -0.307 e. The first-order valence-corrected chi connectivity index (χ1v) is 6.23. The quantitative estimate of drug-likeness (QED) is 0.818. The molecule has 0 aliphatic carbocycles. The van der Waals surface area contributed by atoms with Gasteiger partial charge in [0.2, 0.25) is 0 Å². The highest BCUT2D eigenvalue weighted by atomic mass is 15.2. The fourth-order valence-corrected chi connectivity index (χ4v) is 2.09. The summed E-state index contributed by atoms with van der Waals surface area (Å²) in [6.45, 7) is 7.51.